The fourth-order valence-corrected chi connectivity index (χ4v) is 2.87. The van der Waals surface area contributed by atoms with E-state index in [9.17, 15) is 14.0 Å². The third-order valence-corrected chi connectivity index (χ3v) is 4.30. The highest BCUT2D eigenvalue weighted by molar-refractivity contribution is 6.31. The topological polar surface area (TPSA) is 46.6 Å². The number of amides is 1. The molecule has 1 aliphatic rings. The van der Waals surface area contributed by atoms with E-state index in [4.69, 9.17) is 16.3 Å². The van der Waals surface area contributed by atoms with Gasteiger partial charge < -0.3 is 9.64 Å². The molecule has 4 nitrogen and oxygen atoms in total. The summed E-state index contributed by atoms with van der Waals surface area (Å²) in [5.74, 6) is -1.75. The molecule has 0 N–H and O–H groups in total. The SMILES string of the molecule is O=C(OCc1c(F)cccc1Cl)[C@H]1CC(=O)N(c2ccccc2)C1. The number of hydrogen-bond acceptors (Lipinski definition) is 3. The van der Waals surface area contributed by atoms with Crippen molar-refractivity contribution in [2.75, 3.05) is 11.4 Å². The number of ether oxygens (including phenoxy) is 1. The number of nitrogens with zero attached hydrogens (tertiary/aromatic N) is 1. The molecule has 1 aliphatic heterocycles. The third-order valence-electron chi connectivity index (χ3n) is 3.95. The molecular weight excluding hydrogens is 333 g/mol. The van der Waals surface area contributed by atoms with Crippen molar-refractivity contribution in [2.24, 2.45) is 5.92 Å². The van der Waals surface area contributed by atoms with Crippen LogP contribution in [0.25, 0.3) is 0 Å². The van der Waals surface area contributed by atoms with Crippen molar-refractivity contribution in [1.29, 1.82) is 0 Å². The van der Waals surface area contributed by atoms with Gasteiger partial charge in [0.1, 0.15) is 12.4 Å². The summed E-state index contributed by atoms with van der Waals surface area (Å²) in [6.07, 6.45) is 0.0821. The fraction of sp³-hybridized carbons (Fsp3) is 0.222. The van der Waals surface area contributed by atoms with Gasteiger partial charge in [0.2, 0.25) is 5.91 Å². The monoisotopic (exact) mass is 347 g/mol. The van der Waals surface area contributed by atoms with E-state index < -0.39 is 17.7 Å². The van der Waals surface area contributed by atoms with Gasteiger partial charge in [-0.15, -0.1) is 0 Å². The molecule has 3 rings (SSSR count). The van der Waals surface area contributed by atoms with Gasteiger partial charge in [0.25, 0.3) is 0 Å². The van der Waals surface area contributed by atoms with Crippen molar-refractivity contribution in [3.8, 4) is 0 Å². The predicted molar refractivity (Wildman–Crippen MR) is 88.1 cm³/mol. The Hall–Kier alpha value is -2.40. The summed E-state index contributed by atoms with van der Waals surface area (Å²) >= 11 is 5.91. The maximum atomic E-state index is 13.7. The number of esters is 1. The van der Waals surface area contributed by atoms with E-state index in [1.54, 1.807) is 4.90 Å². The number of benzene rings is 2. The molecule has 0 unspecified atom stereocenters. The van der Waals surface area contributed by atoms with Crippen LogP contribution in [-0.4, -0.2) is 18.4 Å². The zero-order valence-corrected chi connectivity index (χ0v) is 13.5. The molecule has 0 spiro atoms. The van der Waals surface area contributed by atoms with Gasteiger partial charge in [0, 0.05) is 24.2 Å². The molecule has 124 valence electrons. The zero-order valence-electron chi connectivity index (χ0n) is 12.7. The van der Waals surface area contributed by atoms with Crippen LogP contribution in [0.2, 0.25) is 5.02 Å². The van der Waals surface area contributed by atoms with Crippen LogP contribution in [0.1, 0.15) is 12.0 Å². The number of rotatable bonds is 4. The number of halogens is 2. The minimum atomic E-state index is -0.566. The van der Waals surface area contributed by atoms with Gasteiger partial charge in [-0.1, -0.05) is 35.9 Å². The second-order valence-electron chi connectivity index (χ2n) is 5.55. The summed E-state index contributed by atoms with van der Waals surface area (Å²) in [6.45, 7) is 0.00700. The smallest absolute Gasteiger partial charge is 0.311 e. The van der Waals surface area contributed by atoms with Gasteiger partial charge in [-0.25, -0.2) is 4.39 Å². The number of hydrogen-bond donors (Lipinski definition) is 0. The minimum absolute atomic E-state index is 0.0821. The molecule has 0 saturated carbocycles. The Labute approximate surface area is 143 Å². The highest BCUT2D eigenvalue weighted by Gasteiger charge is 2.36. The van der Waals surface area contributed by atoms with E-state index >= 15 is 0 Å². The van der Waals surface area contributed by atoms with Gasteiger partial charge >= 0.3 is 5.97 Å². The molecule has 1 atom stereocenters. The Balaban J connectivity index is 1.63. The number of carbonyl (C=O) groups is 2. The van der Waals surface area contributed by atoms with Gasteiger partial charge in [-0.2, -0.15) is 0 Å². The molecule has 2 aromatic rings. The normalized spacial score (nSPS) is 17.2. The summed E-state index contributed by atoms with van der Waals surface area (Å²) in [5.41, 5.74) is 0.881. The first-order valence-electron chi connectivity index (χ1n) is 7.51. The molecule has 6 heteroatoms. The Kier molecular flexibility index (Phi) is 4.81. The first kappa shape index (κ1) is 16.5. The van der Waals surface area contributed by atoms with Gasteiger partial charge in [-0.05, 0) is 24.3 Å². The van der Waals surface area contributed by atoms with E-state index in [1.807, 2.05) is 30.3 Å². The van der Waals surface area contributed by atoms with Gasteiger partial charge in [-0.3, -0.25) is 9.59 Å². The lowest BCUT2D eigenvalue weighted by Crippen LogP contribution is -2.26. The van der Waals surface area contributed by atoms with Crippen LogP contribution < -0.4 is 4.90 Å². The lowest BCUT2D eigenvalue weighted by atomic mass is 10.1. The summed E-state index contributed by atoms with van der Waals surface area (Å²) in [7, 11) is 0. The molecule has 0 bridgehead atoms. The molecule has 24 heavy (non-hydrogen) atoms. The Morgan fingerprint density at radius 1 is 1.21 bits per heavy atom. The van der Waals surface area contributed by atoms with E-state index in [1.165, 1.54) is 18.2 Å². The summed E-state index contributed by atoms with van der Waals surface area (Å²) in [5, 5.41) is 0.205. The lowest BCUT2D eigenvalue weighted by Gasteiger charge is -2.16. The van der Waals surface area contributed by atoms with E-state index in [2.05, 4.69) is 0 Å². The first-order valence-corrected chi connectivity index (χ1v) is 7.89. The molecule has 1 saturated heterocycles. The van der Waals surface area contributed by atoms with Crippen molar-refractivity contribution < 1.29 is 18.7 Å². The molecule has 2 aromatic carbocycles. The maximum absolute atomic E-state index is 13.7. The predicted octanol–water partition coefficient (Wildman–Crippen LogP) is 3.58. The van der Waals surface area contributed by atoms with Crippen LogP contribution >= 0.6 is 11.6 Å². The van der Waals surface area contributed by atoms with Gasteiger partial charge in [0.15, 0.2) is 0 Å². The van der Waals surface area contributed by atoms with Crippen LogP contribution in [0.3, 0.4) is 0 Å². The average Bonchev–Trinajstić information content (AvgIpc) is 2.97. The van der Waals surface area contributed by atoms with E-state index in [0.717, 1.165) is 5.69 Å². The van der Waals surface area contributed by atoms with E-state index in [0.29, 0.717) is 0 Å². The van der Waals surface area contributed by atoms with Gasteiger partial charge in [0.05, 0.1) is 10.9 Å². The molecule has 0 radical (unpaired) electrons. The number of para-hydroxylation sites is 1. The summed E-state index contributed by atoms with van der Waals surface area (Å²) < 4.78 is 18.8. The maximum Gasteiger partial charge on any atom is 0.311 e. The molecule has 0 aromatic heterocycles. The Morgan fingerprint density at radius 2 is 1.96 bits per heavy atom. The lowest BCUT2D eigenvalue weighted by molar-refractivity contribution is -0.149. The zero-order chi connectivity index (χ0) is 17.1. The van der Waals surface area contributed by atoms with Crippen molar-refractivity contribution >= 4 is 29.2 Å². The van der Waals surface area contributed by atoms with Crippen LogP contribution in [-0.2, 0) is 20.9 Å². The number of carbonyl (C=O) groups excluding carboxylic acids is 2. The van der Waals surface area contributed by atoms with Crippen molar-refractivity contribution in [3.63, 3.8) is 0 Å². The molecule has 1 amide bonds. The van der Waals surface area contributed by atoms with Crippen LogP contribution in [0, 0.1) is 11.7 Å². The van der Waals surface area contributed by atoms with Crippen LogP contribution in [0.15, 0.2) is 48.5 Å². The highest BCUT2D eigenvalue weighted by Crippen LogP contribution is 2.26. The van der Waals surface area contributed by atoms with Crippen molar-refractivity contribution in [3.05, 3.63) is 64.9 Å². The standard InChI is InChI=1S/C18H15ClFNO3/c19-15-7-4-8-16(20)14(15)11-24-18(23)12-9-17(22)21(10-12)13-5-2-1-3-6-13/h1-8,12H,9-11H2/t12-/m0/s1. The highest BCUT2D eigenvalue weighted by atomic mass is 35.5. The fourth-order valence-electron chi connectivity index (χ4n) is 2.65. The van der Waals surface area contributed by atoms with Crippen molar-refractivity contribution in [2.45, 2.75) is 13.0 Å². The Morgan fingerprint density at radius 3 is 2.67 bits per heavy atom. The molecule has 1 heterocycles. The second-order valence-corrected chi connectivity index (χ2v) is 5.96. The first-order chi connectivity index (χ1) is 11.6. The molecule has 1 fully saturated rings. The average molecular weight is 348 g/mol. The van der Waals surface area contributed by atoms with E-state index in [-0.39, 0.29) is 36.1 Å². The largest absolute Gasteiger partial charge is 0.460 e. The minimum Gasteiger partial charge on any atom is -0.460 e. The number of anilines is 1. The Bertz CT molecular complexity index is 746. The third kappa shape index (κ3) is 3.41. The van der Waals surface area contributed by atoms with Crippen molar-refractivity contribution in [1.82, 2.24) is 0 Å². The van der Waals surface area contributed by atoms with Crippen LogP contribution in [0.4, 0.5) is 10.1 Å². The van der Waals surface area contributed by atoms with Crippen LogP contribution in [0.5, 0.6) is 0 Å². The summed E-state index contributed by atoms with van der Waals surface area (Å²) in [6, 6.07) is 13.4. The molecule has 0 aliphatic carbocycles. The summed E-state index contributed by atoms with van der Waals surface area (Å²) in [4.78, 5) is 25.9. The molecular formula is C18H15ClFNO3. The quantitative estimate of drug-likeness (QED) is 0.794. The second kappa shape index (κ2) is 7.01.